The second kappa shape index (κ2) is 7.06. The molecule has 1 aliphatic heterocycles. The second-order valence-corrected chi connectivity index (χ2v) is 6.26. The molecule has 0 radical (unpaired) electrons. The van der Waals surface area contributed by atoms with E-state index in [1.807, 2.05) is 23.1 Å². The van der Waals surface area contributed by atoms with Gasteiger partial charge in [0.1, 0.15) is 0 Å². The molecule has 5 heteroatoms. The first-order valence-electron chi connectivity index (χ1n) is 6.92. The minimum absolute atomic E-state index is 0.0106. The molecule has 1 heterocycles. The molecule has 1 aromatic carbocycles. The van der Waals surface area contributed by atoms with Crippen LogP contribution in [0.5, 0.6) is 0 Å². The molecule has 4 nitrogen and oxygen atoms in total. The lowest BCUT2D eigenvalue weighted by Gasteiger charge is -2.33. The lowest BCUT2D eigenvalue weighted by Crippen LogP contribution is -2.46. The summed E-state index contributed by atoms with van der Waals surface area (Å²) in [5.41, 5.74) is 0.618. The number of benzene rings is 1. The summed E-state index contributed by atoms with van der Waals surface area (Å²) in [6, 6.07) is 7.64. The van der Waals surface area contributed by atoms with Crippen LogP contribution in [-0.2, 0) is 4.79 Å². The van der Waals surface area contributed by atoms with E-state index in [0.717, 1.165) is 23.0 Å². The molecule has 1 N–H and O–H groups in total. The normalized spacial score (nSPS) is 18.7. The summed E-state index contributed by atoms with van der Waals surface area (Å²) in [7, 11) is 0. The number of likely N-dealkylation sites (tertiary alicyclic amines) is 1. The quantitative estimate of drug-likeness (QED) is 0.812. The van der Waals surface area contributed by atoms with E-state index in [4.69, 9.17) is 0 Å². The van der Waals surface area contributed by atoms with Crippen LogP contribution in [0.3, 0.4) is 0 Å². The van der Waals surface area contributed by atoms with Gasteiger partial charge in [-0.15, -0.1) is 0 Å². The number of nitrogens with zero attached hydrogens (tertiary/aromatic N) is 1. The van der Waals surface area contributed by atoms with Gasteiger partial charge < -0.3 is 10.2 Å². The van der Waals surface area contributed by atoms with Gasteiger partial charge in [0.2, 0.25) is 5.91 Å². The summed E-state index contributed by atoms with van der Waals surface area (Å²) in [4.78, 5) is 26.1. The summed E-state index contributed by atoms with van der Waals surface area (Å²) in [5, 5.41) is 2.72. The highest BCUT2D eigenvalue weighted by Crippen LogP contribution is 2.16. The first kappa shape index (κ1) is 15.3. The molecule has 0 aromatic heterocycles. The molecule has 1 fully saturated rings. The van der Waals surface area contributed by atoms with Gasteiger partial charge in [0.25, 0.3) is 5.91 Å². The van der Waals surface area contributed by atoms with E-state index in [0.29, 0.717) is 5.56 Å². The first-order valence-corrected chi connectivity index (χ1v) is 7.99. The van der Waals surface area contributed by atoms with Crippen molar-refractivity contribution in [2.24, 2.45) is 0 Å². The van der Waals surface area contributed by atoms with E-state index in [2.05, 4.69) is 34.8 Å². The zero-order valence-electron chi connectivity index (χ0n) is 11.6. The molecule has 1 aromatic rings. The molecule has 2 rings (SSSR count). The van der Waals surface area contributed by atoms with Crippen molar-refractivity contribution in [2.45, 2.75) is 32.2 Å². The van der Waals surface area contributed by atoms with Crippen LogP contribution in [0, 0.1) is 3.57 Å². The second-order valence-electron chi connectivity index (χ2n) is 5.09. The zero-order valence-corrected chi connectivity index (χ0v) is 13.7. The van der Waals surface area contributed by atoms with Crippen LogP contribution in [0.25, 0.3) is 0 Å². The van der Waals surface area contributed by atoms with E-state index < -0.39 is 0 Å². The third-order valence-electron chi connectivity index (χ3n) is 3.64. The first-order chi connectivity index (χ1) is 9.59. The molecule has 0 spiro atoms. The topological polar surface area (TPSA) is 49.4 Å². The van der Waals surface area contributed by atoms with Gasteiger partial charge in [-0.3, -0.25) is 9.59 Å². The van der Waals surface area contributed by atoms with Crippen LogP contribution in [-0.4, -0.2) is 35.8 Å². The number of nitrogens with one attached hydrogen (secondary N) is 1. The predicted octanol–water partition coefficient (Wildman–Crippen LogP) is 2.42. The molecule has 1 atom stereocenters. The van der Waals surface area contributed by atoms with E-state index in [1.165, 1.54) is 6.42 Å². The van der Waals surface area contributed by atoms with Crippen molar-refractivity contribution in [3.05, 3.63) is 33.4 Å². The Morgan fingerprint density at radius 1 is 1.35 bits per heavy atom. The number of halogens is 1. The van der Waals surface area contributed by atoms with Crippen molar-refractivity contribution in [1.29, 1.82) is 0 Å². The Kier molecular flexibility index (Phi) is 5.39. The number of hydrogen-bond donors (Lipinski definition) is 1. The molecule has 0 bridgehead atoms. The molecule has 108 valence electrons. The fourth-order valence-corrected chi connectivity index (χ4v) is 3.10. The zero-order chi connectivity index (χ0) is 14.5. The van der Waals surface area contributed by atoms with Crippen molar-refractivity contribution >= 4 is 34.4 Å². The monoisotopic (exact) mass is 386 g/mol. The number of amides is 2. The third kappa shape index (κ3) is 3.71. The SMILES string of the molecule is CC1CCCCN1C(=O)CNC(=O)c1ccccc1I. The minimum atomic E-state index is -0.187. The lowest BCUT2D eigenvalue weighted by molar-refractivity contribution is -0.133. The van der Waals surface area contributed by atoms with Crippen LogP contribution < -0.4 is 5.32 Å². The molecule has 1 saturated heterocycles. The van der Waals surface area contributed by atoms with E-state index >= 15 is 0 Å². The molecule has 2 amide bonds. The molecule has 0 aliphatic carbocycles. The Morgan fingerprint density at radius 2 is 2.10 bits per heavy atom. The minimum Gasteiger partial charge on any atom is -0.343 e. The Bertz CT molecular complexity index is 504. The summed E-state index contributed by atoms with van der Waals surface area (Å²) in [6.07, 6.45) is 3.29. The van der Waals surface area contributed by atoms with Crippen molar-refractivity contribution in [2.75, 3.05) is 13.1 Å². The maximum atomic E-state index is 12.1. The van der Waals surface area contributed by atoms with Gasteiger partial charge in [-0.05, 0) is 60.9 Å². The number of piperidine rings is 1. The highest BCUT2D eigenvalue weighted by molar-refractivity contribution is 14.1. The van der Waals surface area contributed by atoms with Crippen molar-refractivity contribution in [1.82, 2.24) is 10.2 Å². The van der Waals surface area contributed by atoms with Crippen molar-refractivity contribution in [3.8, 4) is 0 Å². The van der Waals surface area contributed by atoms with Gasteiger partial charge in [0.05, 0.1) is 12.1 Å². The summed E-state index contributed by atoms with van der Waals surface area (Å²) in [6.45, 7) is 2.95. The average molecular weight is 386 g/mol. The number of carbonyl (C=O) groups is 2. The van der Waals surface area contributed by atoms with Gasteiger partial charge in [-0.2, -0.15) is 0 Å². The Labute approximate surface area is 133 Å². The van der Waals surface area contributed by atoms with E-state index in [-0.39, 0.29) is 24.4 Å². The molecule has 0 saturated carbocycles. The smallest absolute Gasteiger partial charge is 0.252 e. The molecule has 1 unspecified atom stereocenters. The van der Waals surface area contributed by atoms with Gasteiger partial charge in [-0.1, -0.05) is 12.1 Å². The van der Waals surface area contributed by atoms with Crippen LogP contribution in [0.15, 0.2) is 24.3 Å². The molecule has 1 aliphatic rings. The number of carbonyl (C=O) groups excluding carboxylic acids is 2. The van der Waals surface area contributed by atoms with Crippen LogP contribution in [0.1, 0.15) is 36.5 Å². The standard InChI is InChI=1S/C15H19IN2O2/c1-11-6-4-5-9-18(11)14(19)10-17-15(20)12-7-2-3-8-13(12)16/h2-3,7-8,11H,4-6,9-10H2,1H3,(H,17,20). The summed E-state index contributed by atoms with van der Waals surface area (Å²) in [5.74, 6) is -0.176. The molecule has 20 heavy (non-hydrogen) atoms. The predicted molar refractivity (Wildman–Crippen MR) is 86.5 cm³/mol. The van der Waals surface area contributed by atoms with Gasteiger partial charge in [0.15, 0.2) is 0 Å². The average Bonchev–Trinajstić information content (AvgIpc) is 2.45. The van der Waals surface area contributed by atoms with Crippen LogP contribution >= 0.6 is 22.6 Å². The Balaban J connectivity index is 1.90. The molecular weight excluding hydrogens is 367 g/mol. The van der Waals surface area contributed by atoms with Crippen molar-refractivity contribution in [3.63, 3.8) is 0 Å². The maximum Gasteiger partial charge on any atom is 0.252 e. The Hall–Kier alpha value is -1.11. The lowest BCUT2D eigenvalue weighted by atomic mass is 10.0. The van der Waals surface area contributed by atoms with Gasteiger partial charge in [0, 0.05) is 16.2 Å². The largest absolute Gasteiger partial charge is 0.343 e. The van der Waals surface area contributed by atoms with E-state index in [1.54, 1.807) is 6.07 Å². The van der Waals surface area contributed by atoms with E-state index in [9.17, 15) is 9.59 Å². The van der Waals surface area contributed by atoms with Crippen molar-refractivity contribution < 1.29 is 9.59 Å². The van der Waals surface area contributed by atoms with Gasteiger partial charge in [-0.25, -0.2) is 0 Å². The summed E-state index contributed by atoms with van der Waals surface area (Å²) < 4.78 is 0.890. The Morgan fingerprint density at radius 3 is 2.80 bits per heavy atom. The highest BCUT2D eigenvalue weighted by atomic mass is 127. The van der Waals surface area contributed by atoms with Crippen LogP contribution in [0.2, 0.25) is 0 Å². The fourth-order valence-electron chi connectivity index (χ4n) is 2.47. The van der Waals surface area contributed by atoms with Gasteiger partial charge >= 0.3 is 0 Å². The fraction of sp³-hybridized carbons (Fsp3) is 0.467. The van der Waals surface area contributed by atoms with Crippen LogP contribution in [0.4, 0.5) is 0 Å². The summed E-state index contributed by atoms with van der Waals surface area (Å²) >= 11 is 2.12. The highest BCUT2D eigenvalue weighted by Gasteiger charge is 2.23. The number of hydrogen-bond acceptors (Lipinski definition) is 2. The third-order valence-corrected chi connectivity index (χ3v) is 4.58. The molecular formula is C15H19IN2O2. The maximum absolute atomic E-state index is 12.1. The number of rotatable bonds is 3.